The van der Waals surface area contributed by atoms with Crippen LogP contribution in [0.5, 0.6) is 11.5 Å². The Labute approximate surface area is 261 Å². The summed E-state index contributed by atoms with van der Waals surface area (Å²) in [5.74, 6) is 8.12. The highest BCUT2D eigenvalue weighted by atomic mass is 16.5. The van der Waals surface area contributed by atoms with Gasteiger partial charge >= 0.3 is 0 Å². The van der Waals surface area contributed by atoms with E-state index in [9.17, 15) is 10.2 Å². The molecule has 1 heterocycles. The highest BCUT2D eigenvalue weighted by Crippen LogP contribution is 2.34. The minimum absolute atomic E-state index is 0.0251. The number of aryl methyl sites for hydroxylation is 4. The van der Waals surface area contributed by atoms with Gasteiger partial charge in [0.1, 0.15) is 24.2 Å². The van der Waals surface area contributed by atoms with E-state index in [4.69, 9.17) is 24.4 Å². The first-order chi connectivity index (χ1) is 21.2. The molecule has 4 aromatic rings. The van der Waals surface area contributed by atoms with Gasteiger partial charge in [0.2, 0.25) is 0 Å². The lowest BCUT2D eigenvalue weighted by atomic mass is 10.0. The van der Waals surface area contributed by atoms with Crippen molar-refractivity contribution in [1.82, 2.24) is 15.0 Å². The number of aromatic nitrogens is 3. The largest absolute Gasteiger partial charge is 0.507 e. The second-order valence-corrected chi connectivity index (χ2v) is 11.4. The molecule has 0 aliphatic carbocycles. The summed E-state index contributed by atoms with van der Waals surface area (Å²) in [5.41, 5.74) is 6.68. The molecule has 2 unspecified atom stereocenters. The summed E-state index contributed by atoms with van der Waals surface area (Å²) in [7, 11) is 0. The van der Waals surface area contributed by atoms with Crippen LogP contribution in [0.4, 0.5) is 0 Å². The SMILES string of the molecule is CC#CC(CCCC)COCC(O)COc1ccc(-c2nc(-c3ccc(C)cc3C)nc(-c3ccc(C)cc3C)n2)c(O)c1. The maximum Gasteiger partial charge on any atom is 0.167 e. The molecule has 230 valence electrons. The zero-order chi connectivity index (χ0) is 31.6. The lowest BCUT2D eigenvalue weighted by molar-refractivity contribution is 0.00481. The van der Waals surface area contributed by atoms with Gasteiger partial charge in [-0.3, -0.25) is 0 Å². The number of benzene rings is 3. The lowest BCUT2D eigenvalue weighted by Crippen LogP contribution is -2.25. The molecule has 0 fully saturated rings. The van der Waals surface area contributed by atoms with Crippen molar-refractivity contribution in [1.29, 1.82) is 0 Å². The van der Waals surface area contributed by atoms with Gasteiger partial charge in [0.15, 0.2) is 17.5 Å². The highest BCUT2D eigenvalue weighted by molar-refractivity contribution is 5.72. The Balaban J connectivity index is 1.54. The molecule has 0 amide bonds. The van der Waals surface area contributed by atoms with Crippen molar-refractivity contribution in [3.05, 3.63) is 76.9 Å². The van der Waals surface area contributed by atoms with E-state index < -0.39 is 6.10 Å². The van der Waals surface area contributed by atoms with Gasteiger partial charge in [-0.25, -0.2) is 15.0 Å². The normalized spacial score (nSPS) is 12.3. The number of hydrogen-bond donors (Lipinski definition) is 2. The predicted octanol–water partition coefficient (Wildman–Crippen LogP) is 7.40. The summed E-state index contributed by atoms with van der Waals surface area (Å²) >= 11 is 0. The van der Waals surface area contributed by atoms with Crippen LogP contribution in [-0.4, -0.2) is 51.1 Å². The maximum absolute atomic E-state index is 11.1. The second-order valence-electron chi connectivity index (χ2n) is 11.4. The number of nitrogens with zero attached hydrogens (tertiary/aromatic N) is 3. The fourth-order valence-corrected chi connectivity index (χ4v) is 5.10. The van der Waals surface area contributed by atoms with Gasteiger partial charge in [-0.1, -0.05) is 73.2 Å². The van der Waals surface area contributed by atoms with Gasteiger partial charge in [0.05, 0.1) is 18.8 Å². The number of aliphatic hydroxyl groups excluding tert-OH is 1. The van der Waals surface area contributed by atoms with E-state index in [0.29, 0.717) is 35.4 Å². The van der Waals surface area contributed by atoms with Crippen LogP contribution in [0.2, 0.25) is 0 Å². The summed E-state index contributed by atoms with van der Waals surface area (Å²) in [6.07, 6.45) is 2.37. The van der Waals surface area contributed by atoms with Crippen LogP contribution >= 0.6 is 0 Å². The van der Waals surface area contributed by atoms with Gasteiger partial charge in [-0.2, -0.15) is 0 Å². The highest BCUT2D eigenvalue weighted by Gasteiger charge is 2.18. The molecule has 0 saturated carbocycles. The van der Waals surface area contributed by atoms with Crippen molar-refractivity contribution in [2.45, 2.75) is 66.9 Å². The van der Waals surface area contributed by atoms with Crippen LogP contribution < -0.4 is 4.74 Å². The molecule has 44 heavy (non-hydrogen) atoms. The molecule has 0 radical (unpaired) electrons. The van der Waals surface area contributed by atoms with Crippen LogP contribution in [-0.2, 0) is 4.74 Å². The van der Waals surface area contributed by atoms with Crippen LogP contribution in [0, 0.1) is 45.5 Å². The quantitative estimate of drug-likeness (QED) is 0.156. The Bertz CT molecular complexity index is 1570. The number of aromatic hydroxyl groups is 1. The third kappa shape index (κ3) is 8.66. The third-order valence-corrected chi connectivity index (χ3v) is 7.42. The van der Waals surface area contributed by atoms with Crippen molar-refractivity contribution < 1.29 is 19.7 Å². The minimum atomic E-state index is -0.817. The number of rotatable bonds is 13. The van der Waals surface area contributed by atoms with Crippen molar-refractivity contribution in [3.8, 4) is 57.5 Å². The zero-order valence-electron chi connectivity index (χ0n) is 26.6. The van der Waals surface area contributed by atoms with Crippen molar-refractivity contribution in [2.24, 2.45) is 5.92 Å². The Hall–Kier alpha value is -4.25. The van der Waals surface area contributed by atoms with Gasteiger partial charge in [-0.05, 0) is 64.3 Å². The molecule has 4 rings (SSSR count). The summed E-state index contributed by atoms with van der Waals surface area (Å²) in [6.45, 7) is 12.8. The number of hydrogen-bond acceptors (Lipinski definition) is 7. The summed E-state index contributed by atoms with van der Waals surface area (Å²) < 4.78 is 11.5. The number of aliphatic hydroxyl groups is 1. The molecule has 7 heteroatoms. The fourth-order valence-electron chi connectivity index (χ4n) is 5.10. The molecular formula is C37H43N3O4. The fraction of sp³-hybridized carbons (Fsp3) is 0.378. The van der Waals surface area contributed by atoms with E-state index in [-0.39, 0.29) is 24.9 Å². The van der Waals surface area contributed by atoms with Crippen molar-refractivity contribution >= 4 is 0 Å². The summed E-state index contributed by atoms with van der Waals surface area (Å²) in [4.78, 5) is 14.4. The van der Waals surface area contributed by atoms with Gasteiger partial charge in [0, 0.05) is 23.1 Å². The van der Waals surface area contributed by atoms with Crippen LogP contribution in [0.15, 0.2) is 54.6 Å². The van der Waals surface area contributed by atoms with E-state index in [1.165, 1.54) is 6.07 Å². The topological polar surface area (TPSA) is 97.6 Å². The average Bonchev–Trinajstić information content (AvgIpc) is 2.98. The van der Waals surface area contributed by atoms with Crippen molar-refractivity contribution in [2.75, 3.05) is 19.8 Å². The van der Waals surface area contributed by atoms with E-state index in [1.54, 1.807) is 12.1 Å². The van der Waals surface area contributed by atoms with E-state index in [1.807, 2.05) is 45.0 Å². The Morgan fingerprint density at radius 1 is 0.750 bits per heavy atom. The number of phenols is 1. The molecule has 0 saturated heterocycles. The molecule has 0 bridgehead atoms. The third-order valence-electron chi connectivity index (χ3n) is 7.42. The average molecular weight is 594 g/mol. The van der Waals surface area contributed by atoms with E-state index in [2.05, 4.69) is 44.7 Å². The lowest BCUT2D eigenvalue weighted by Gasteiger charge is -2.16. The molecule has 1 aromatic heterocycles. The molecule has 3 aromatic carbocycles. The summed E-state index contributed by atoms with van der Waals surface area (Å²) in [6, 6.07) is 17.3. The molecule has 0 aliphatic rings. The van der Waals surface area contributed by atoms with E-state index in [0.717, 1.165) is 52.6 Å². The first kappa shape index (κ1) is 32.7. The molecule has 2 atom stereocenters. The Morgan fingerprint density at radius 2 is 1.32 bits per heavy atom. The van der Waals surface area contributed by atoms with Crippen LogP contribution in [0.1, 0.15) is 55.4 Å². The second kappa shape index (κ2) is 15.5. The van der Waals surface area contributed by atoms with Gasteiger partial charge in [0.25, 0.3) is 0 Å². The maximum atomic E-state index is 11.1. The van der Waals surface area contributed by atoms with Crippen LogP contribution in [0.3, 0.4) is 0 Å². The predicted molar refractivity (Wildman–Crippen MR) is 176 cm³/mol. The first-order valence-electron chi connectivity index (χ1n) is 15.2. The molecule has 2 N–H and O–H groups in total. The standard InChI is InChI=1S/C37H43N3O4/c1-7-9-11-28(10-8-2)21-43-22-29(41)23-44-30-14-17-33(34(42)20-30)37-39-35(31-15-12-24(3)18-26(31)5)38-36(40-37)32-16-13-25(4)19-27(32)6/h12-20,28-29,41-42H,7,9,11,21-23H2,1-6H3. The molecular weight excluding hydrogens is 550 g/mol. The molecule has 7 nitrogen and oxygen atoms in total. The number of unbranched alkanes of at least 4 members (excludes halogenated alkanes) is 1. The van der Waals surface area contributed by atoms with Gasteiger partial charge in [-0.15, -0.1) is 5.92 Å². The Kier molecular flexibility index (Phi) is 11.5. The molecule has 0 aliphatic heterocycles. The Morgan fingerprint density at radius 3 is 1.84 bits per heavy atom. The number of ether oxygens (including phenoxy) is 2. The number of phenolic OH excluding ortho intramolecular Hbond substituents is 1. The zero-order valence-corrected chi connectivity index (χ0v) is 26.6. The van der Waals surface area contributed by atoms with Crippen molar-refractivity contribution in [3.63, 3.8) is 0 Å². The first-order valence-corrected chi connectivity index (χ1v) is 15.2. The van der Waals surface area contributed by atoms with E-state index >= 15 is 0 Å². The van der Waals surface area contributed by atoms with Crippen LogP contribution in [0.25, 0.3) is 34.2 Å². The molecule has 0 spiro atoms. The minimum Gasteiger partial charge on any atom is -0.507 e. The van der Waals surface area contributed by atoms with Gasteiger partial charge < -0.3 is 19.7 Å². The summed E-state index contributed by atoms with van der Waals surface area (Å²) in [5, 5.41) is 21.5. The smallest absolute Gasteiger partial charge is 0.167 e. The monoisotopic (exact) mass is 593 g/mol.